The van der Waals surface area contributed by atoms with E-state index in [1.54, 1.807) is 16.2 Å². The predicted molar refractivity (Wildman–Crippen MR) is 127 cm³/mol. The van der Waals surface area contributed by atoms with Gasteiger partial charge in [-0.15, -0.1) is 11.3 Å². The summed E-state index contributed by atoms with van der Waals surface area (Å²) >= 11 is 1.63. The number of nitrogens with zero attached hydrogens (tertiary/aromatic N) is 5. The molecule has 0 radical (unpaired) electrons. The number of amides is 1. The van der Waals surface area contributed by atoms with Gasteiger partial charge in [0.05, 0.1) is 38.9 Å². The first-order chi connectivity index (χ1) is 14.6. The van der Waals surface area contributed by atoms with Crippen LogP contribution in [0.25, 0.3) is 21.3 Å². The summed E-state index contributed by atoms with van der Waals surface area (Å²) < 4.78 is 3.07. The third-order valence-electron chi connectivity index (χ3n) is 5.35. The number of aromatic nitrogens is 4. The van der Waals surface area contributed by atoms with Crippen LogP contribution in [0, 0.1) is 6.92 Å². The molecule has 0 bridgehead atoms. The number of hydrogen-bond acceptors (Lipinski definition) is 5. The molecule has 4 aromatic rings. The lowest BCUT2D eigenvalue weighted by Gasteiger charge is -2.21. The first-order valence-corrected chi connectivity index (χ1v) is 11.4. The van der Waals surface area contributed by atoms with Crippen molar-refractivity contribution in [3.05, 3.63) is 52.3 Å². The molecule has 3 heterocycles. The Kier molecular flexibility index (Phi) is 5.33. The minimum atomic E-state index is -0.234. The molecule has 7 heteroatoms. The van der Waals surface area contributed by atoms with Crippen LogP contribution in [0.5, 0.6) is 0 Å². The van der Waals surface area contributed by atoms with E-state index < -0.39 is 0 Å². The Morgan fingerprint density at radius 3 is 2.55 bits per heavy atom. The lowest BCUT2D eigenvalue weighted by molar-refractivity contribution is 0.0786. The number of fused-ring (bicyclic) bond motifs is 2. The molecule has 162 valence electrons. The fourth-order valence-corrected chi connectivity index (χ4v) is 4.73. The number of thiazole rings is 1. The van der Waals surface area contributed by atoms with Gasteiger partial charge < -0.3 is 4.90 Å². The predicted octanol–water partition coefficient (Wildman–Crippen LogP) is 5.50. The molecule has 0 aliphatic heterocycles. The van der Waals surface area contributed by atoms with E-state index in [-0.39, 0.29) is 17.4 Å². The summed E-state index contributed by atoms with van der Waals surface area (Å²) in [5.41, 5.74) is 3.89. The largest absolute Gasteiger partial charge is 0.335 e. The van der Waals surface area contributed by atoms with E-state index in [2.05, 4.69) is 45.7 Å². The lowest BCUT2D eigenvalue weighted by atomic mass is 10.0. The summed E-state index contributed by atoms with van der Waals surface area (Å²) in [4.78, 5) is 24.9. The average molecular weight is 436 g/mol. The second kappa shape index (κ2) is 7.71. The SMILES string of the molecule is Cc1nn(C(C)(C)C)c2nc(C(C)C)cc(C(=O)N(C)Cc3nc4ccccc4s3)c12. The van der Waals surface area contributed by atoms with Crippen LogP contribution < -0.4 is 0 Å². The average Bonchev–Trinajstić information content (AvgIpc) is 3.26. The van der Waals surface area contributed by atoms with Crippen molar-refractivity contribution in [2.45, 2.75) is 59.5 Å². The van der Waals surface area contributed by atoms with Gasteiger partial charge >= 0.3 is 0 Å². The Morgan fingerprint density at radius 1 is 1.19 bits per heavy atom. The van der Waals surface area contributed by atoms with Gasteiger partial charge in [0.2, 0.25) is 0 Å². The number of carbonyl (C=O) groups excluding carboxylic acids is 1. The van der Waals surface area contributed by atoms with E-state index in [4.69, 9.17) is 10.1 Å². The zero-order valence-corrected chi connectivity index (χ0v) is 20.0. The molecular formula is C24H29N5OS. The maximum atomic E-state index is 13.6. The fraction of sp³-hybridized carbons (Fsp3) is 0.417. The monoisotopic (exact) mass is 435 g/mol. The zero-order chi connectivity index (χ0) is 22.5. The van der Waals surface area contributed by atoms with Gasteiger partial charge in [0, 0.05) is 12.7 Å². The van der Waals surface area contributed by atoms with Crippen LogP contribution in [-0.4, -0.2) is 37.6 Å². The van der Waals surface area contributed by atoms with Gasteiger partial charge in [-0.1, -0.05) is 26.0 Å². The summed E-state index contributed by atoms with van der Waals surface area (Å²) in [7, 11) is 1.83. The van der Waals surface area contributed by atoms with Gasteiger partial charge in [-0.3, -0.25) is 4.79 Å². The van der Waals surface area contributed by atoms with Crippen molar-refractivity contribution in [1.29, 1.82) is 0 Å². The second-order valence-electron chi connectivity index (χ2n) is 9.35. The van der Waals surface area contributed by atoms with Crippen LogP contribution in [0.15, 0.2) is 30.3 Å². The summed E-state index contributed by atoms with van der Waals surface area (Å²) in [6.45, 7) is 12.9. The minimum absolute atomic E-state index is 0.0369. The molecule has 4 rings (SSSR count). The Morgan fingerprint density at radius 2 is 1.90 bits per heavy atom. The van der Waals surface area contributed by atoms with Crippen LogP contribution >= 0.6 is 11.3 Å². The van der Waals surface area contributed by atoms with Crippen molar-refractivity contribution in [2.24, 2.45) is 0 Å². The first-order valence-electron chi connectivity index (χ1n) is 10.6. The van der Waals surface area contributed by atoms with Gasteiger partial charge in [-0.05, 0) is 51.8 Å². The van der Waals surface area contributed by atoms with Gasteiger partial charge in [0.1, 0.15) is 5.01 Å². The van der Waals surface area contributed by atoms with E-state index >= 15 is 0 Å². The molecule has 0 aliphatic carbocycles. The molecule has 31 heavy (non-hydrogen) atoms. The number of hydrogen-bond donors (Lipinski definition) is 0. The van der Waals surface area contributed by atoms with E-state index in [1.807, 2.05) is 42.9 Å². The maximum Gasteiger partial charge on any atom is 0.254 e. The summed E-state index contributed by atoms with van der Waals surface area (Å²) in [6, 6.07) is 9.99. The topological polar surface area (TPSA) is 63.9 Å². The first kappa shape index (κ1) is 21.4. The van der Waals surface area contributed by atoms with Crippen molar-refractivity contribution >= 4 is 38.5 Å². The summed E-state index contributed by atoms with van der Waals surface area (Å²) in [6.07, 6.45) is 0. The minimum Gasteiger partial charge on any atom is -0.335 e. The second-order valence-corrected chi connectivity index (χ2v) is 10.5. The molecule has 0 saturated heterocycles. The van der Waals surface area contributed by atoms with Crippen molar-refractivity contribution < 1.29 is 4.79 Å². The molecule has 0 aliphatic rings. The molecule has 3 aromatic heterocycles. The molecule has 0 unspecified atom stereocenters. The normalized spacial score (nSPS) is 12.3. The Bertz CT molecular complexity index is 1250. The highest BCUT2D eigenvalue weighted by molar-refractivity contribution is 7.18. The van der Waals surface area contributed by atoms with Crippen LogP contribution in [0.3, 0.4) is 0 Å². The van der Waals surface area contributed by atoms with Crippen molar-refractivity contribution in [3.63, 3.8) is 0 Å². The van der Waals surface area contributed by atoms with E-state index in [1.165, 1.54) is 0 Å². The van der Waals surface area contributed by atoms with Crippen molar-refractivity contribution in [3.8, 4) is 0 Å². The smallest absolute Gasteiger partial charge is 0.254 e. The Labute approximate surface area is 186 Å². The van der Waals surface area contributed by atoms with Gasteiger partial charge in [-0.25, -0.2) is 14.6 Å². The molecule has 6 nitrogen and oxygen atoms in total. The number of pyridine rings is 1. The molecule has 0 saturated carbocycles. The molecule has 0 spiro atoms. The fourth-order valence-electron chi connectivity index (χ4n) is 3.71. The highest BCUT2D eigenvalue weighted by Gasteiger charge is 2.26. The van der Waals surface area contributed by atoms with E-state index in [0.29, 0.717) is 12.1 Å². The Hall–Kier alpha value is -2.80. The highest BCUT2D eigenvalue weighted by atomic mass is 32.1. The van der Waals surface area contributed by atoms with Crippen molar-refractivity contribution in [1.82, 2.24) is 24.6 Å². The summed E-state index contributed by atoms with van der Waals surface area (Å²) in [5.74, 6) is 0.166. The van der Waals surface area contributed by atoms with Crippen LogP contribution in [0.2, 0.25) is 0 Å². The van der Waals surface area contributed by atoms with Crippen molar-refractivity contribution in [2.75, 3.05) is 7.05 Å². The molecule has 1 aromatic carbocycles. The van der Waals surface area contributed by atoms with E-state index in [0.717, 1.165) is 37.6 Å². The number of benzene rings is 1. The maximum absolute atomic E-state index is 13.6. The zero-order valence-electron chi connectivity index (χ0n) is 19.2. The third-order valence-corrected chi connectivity index (χ3v) is 6.37. The molecule has 1 amide bonds. The number of rotatable bonds is 4. The molecule has 0 fully saturated rings. The summed E-state index contributed by atoms with van der Waals surface area (Å²) in [5, 5.41) is 6.51. The van der Waals surface area contributed by atoms with Gasteiger partial charge in [0.25, 0.3) is 5.91 Å². The molecular weight excluding hydrogens is 406 g/mol. The lowest BCUT2D eigenvalue weighted by Crippen LogP contribution is -2.27. The molecule has 0 N–H and O–H groups in total. The number of carbonyl (C=O) groups is 1. The number of aryl methyl sites for hydroxylation is 1. The van der Waals surface area contributed by atoms with Gasteiger partial charge in [-0.2, -0.15) is 5.10 Å². The van der Waals surface area contributed by atoms with Gasteiger partial charge in [0.15, 0.2) is 5.65 Å². The van der Waals surface area contributed by atoms with E-state index in [9.17, 15) is 4.79 Å². The standard InChI is InChI=1S/C24H29N5OS/c1-14(2)18-12-16(21-15(3)27-29(22(21)26-18)24(4,5)6)23(30)28(7)13-20-25-17-10-8-9-11-19(17)31-20/h8-12,14H,13H2,1-7H3. The Balaban J connectivity index is 1.78. The van der Waals surface area contributed by atoms with Crippen LogP contribution in [-0.2, 0) is 12.1 Å². The third kappa shape index (κ3) is 3.94. The highest BCUT2D eigenvalue weighted by Crippen LogP contribution is 2.30. The van der Waals surface area contributed by atoms with Crippen LogP contribution in [0.1, 0.15) is 67.3 Å². The molecule has 0 atom stereocenters. The number of para-hydroxylation sites is 1. The quantitative estimate of drug-likeness (QED) is 0.425. The van der Waals surface area contributed by atoms with Crippen LogP contribution in [0.4, 0.5) is 0 Å².